The fourth-order valence-corrected chi connectivity index (χ4v) is 5.23. The average molecular weight is 484 g/mol. The number of ether oxygens (including phenoxy) is 1. The van der Waals surface area contributed by atoms with Crippen LogP contribution >= 0.6 is 0 Å². The fraction of sp³-hybridized carbons (Fsp3) is 0.600. The number of rotatable bonds is 4. The van der Waals surface area contributed by atoms with Crippen LogP contribution in [0.15, 0.2) is 59.8 Å². The Bertz CT molecular complexity index is 896. The molecule has 0 aromatic rings. The van der Waals surface area contributed by atoms with Gasteiger partial charge in [0.05, 0.1) is 12.1 Å². The number of fused-ring (bicyclic) bond motifs is 1. The minimum Gasteiger partial charge on any atom is -0.458 e. The van der Waals surface area contributed by atoms with Gasteiger partial charge in [-0.3, -0.25) is 4.79 Å². The van der Waals surface area contributed by atoms with Crippen LogP contribution in [0, 0.1) is 23.2 Å². The van der Waals surface area contributed by atoms with E-state index >= 15 is 0 Å². The van der Waals surface area contributed by atoms with Gasteiger partial charge in [-0.1, -0.05) is 87.3 Å². The molecule has 2 N–H and O–H groups in total. The first-order valence-electron chi connectivity index (χ1n) is 13.0. The van der Waals surface area contributed by atoms with Gasteiger partial charge in [0, 0.05) is 24.8 Å². The summed E-state index contributed by atoms with van der Waals surface area (Å²) in [6.45, 7) is 13.5. The highest BCUT2D eigenvalue weighted by Crippen LogP contribution is 2.43. The van der Waals surface area contributed by atoms with Crippen molar-refractivity contribution in [1.82, 2.24) is 5.32 Å². The predicted molar refractivity (Wildman–Crippen MR) is 142 cm³/mol. The molecule has 1 fully saturated rings. The van der Waals surface area contributed by atoms with Crippen molar-refractivity contribution in [3.63, 3.8) is 0 Å². The van der Waals surface area contributed by atoms with Crippen molar-refractivity contribution in [3.8, 4) is 0 Å². The summed E-state index contributed by atoms with van der Waals surface area (Å²) in [4.78, 5) is 24.2. The summed E-state index contributed by atoms with van der Waals surface area (Å²) in [5.74, 6) is -0.711. The van der Waals surface area contributed by atoms with Crippen LogP contribution in [0.5, 0.6) is 0 Å². The van der Waals surface area contributed by atoms with Crippen molar-refractivity contribution < 1.29 is 19.4 Å². The Morgan fingerprint density at radius 1 is 1.17 bits per heavy atom. The van der Waals surface area contributed by atoms with E-state index in [1.54, 1.807) is 13.0 Å². The first kappa shape index (κ1) is 28.8. The van der Waals surface area contributed by atoms with Crippen LogP contribution in [0.1, 0.15) is 74.1 Å². The quantitative estimate of drug-likeness (QED) is 0.494. The lowest BCUT2D eigenvalue weighted by atomic mass is 9.66. The van der Waals surface area contributed by atoms with Gasteiger partial charge in [0.25, 0.3) is 0 Å². The smallest absolute Gasteiger partial charge is 0.331 e. The van der Waals surface area contributed by atoms with Gasteiger partial charge < -0.3 is 15.2 Å². The van der Waals surface area contributed by atoms with Gasteiger partial charge >= 0.3 is 5.97 Å². The molecule has 0 unspecified atom stereocenters. The summed E-state index contributed by atoms with van der Waals surface area (Å²) in [6.07, 6.45) is 19.5. The van der Waals surface area contributed by atoms with E-state index in [2.05, 4.69) is 49.5 Å². The molecule has 1 heterocycles. The van der Waals surface area contributed by atoms with Crippen LogP contribution in [0.4, 0.5) is 0 Å². The molecule has 0 bridgehead atoms. The zero-order chi connectivity index (χ0) is 26.2. The van der Waals surface area contributed by atoms with Gasteiger partial charge in [-0.25, -0.2) is 4.79 Å². The van der Waals surface area contributed by atoms with E-state index in [0.29, 0.717) is 5.92 Å². The van der Waals surface area contributed by atoms with E-state index in [4.69, 9.17) is 4.74 Å². The number of amides is 1. The minimum absolute atomic E-state index is 0.106. The summed E-state index contributed by atoms with van der Waals surface area (Å²) in [7, 11) is 0. The van der Waals surface area contributed by atoms with Crippen LogP contribution < -0.4 is 5.32 Å². The monoisotopic (exact) mass is 483 g/mol. The molecule has 35 heavy (non-hydrogen) atoms. The predicted octanol–water partition coefficient (Wildman–Crippen LogP) is 5.83. The van der Waals surface area contributed by atoms with E-state index in [-0.39, 0.29) is 23.2 Å². The summed E-state index contributed by atoms with van der Waals surface area (Å²) in [5, 5.41) is 13.6. The van der Waals surface area contributed by atoms with Crippen LogP contribution in [-0.2, 0) is 14.3 Å². The number of hydrogen-bond acceptors (Lipinski definition) is 4. The Balaban J connectivity index is 2.41. The van der Waals surface area contributed by atoms with Gasteiger partial charge in [0.2, 0.25) is 5.91 Å². The number of aliphatic hydroxyl groups is 1. The first-order chi connectivity index (χ1) is 16.4. The summed E-state index contributed by atoms with van der Waals surface area (Å²) < 4.78 is 5.86. The molecule has 1 saturated carbocycles. The molecule has 1 amide bonds. The Hall–Kier alpha value is -2.40. The second-order valence-corrected chi connectivity index (χ2v) is 10.8. The molecule has 2 aliphatic rings. The molecule has 1 aliphatic heterocycles. The summed E-state index contributed by atoms with van der Waals surface area (Å²) >= 11 is 0. The zero-order valence-electron chi connectivity index (χ0n) is 22.6. The van der Waals surface area contributed by atoms with Crippen LogP contribution in [0.25, 0.3) is 0 Å². The topological polar surface area (TPSA) is 75.6 Å². The van der Waals surface area contributed by atoms with Gasteiger partial charge in [-0.05, 0) is 44.9 Å². The molecule has 2 rings (SSSR count). The third kappa shape index (κ3) is 8.64. The van der Waals surface area contributed by atoms with Crippen LogP contribution in [0.3, 0.4) is 0 Å². The van der Waals surface area contributed by atoms with Crippen molar-refractivity contribution in [2.45, 2.75) is 92.4 Å². The Morgan fingerprint density at radius 3 is 2.57 bits per heavy atom. The van der Waals surface area contributed by atoms with Crippen molar-refractivity contribution in [3.05, 3.63) is 59.8 Å². The van der Waals surface area contributed by atoms with Crippen molar-refractivity contribution in [2.75, 3.05) is 0 Å². The number of cyclic esters (lactones) is 1. The molecule has 0 saturated heterocycles. The van der Waals surface area contributed by atoms with Crippen molar-refractivity contribution >= 4 is 11.9 Å². The molecule has 0 spiro atoms. The number of carbonyl (C=O) groups is 2. The molecular weight excluding hydrogens is 438 g/mol. The van der Waals surface area contributed by atoms with E-state index in [9.17, 15) is 14.7 Å². The maximum absolute atomic E-state index is 12.7. The van der Waals surface area contributed by atoms with E-state index < -0.39 is 24.2 Å². The maximum atomic E-state index is 12.7. The third-order valence-corrected chi connectivity index (χ3v) is 7.54. The summed E-state index contributed by atoms with van der Waals surface area (Å²) in [5.41, 5.74) is 2.37. The number of carbonyl (C=O) groups excluding carboxylic acids is 2. The van der Waals surface area contributed by atoms with Crippen LogP contribution in [0.2, 0.25) is 0 Å². The van der Waals surface area contributed by atoms with E-state index in [0.717, 1.165) is 12.0 Å². The third-order valence-electron chi connectivity index (χ3n) is 7.54. The number of allylic oxidation sites excluding steroid dienone is 8. The van der Waals surface area contributed by atoms with Crippen molar-refractivity contribution in [1.29, 1.82) is 0 Å². The minimum atomic E-state index is -0.867. The Kier molecular flexibility index (Phi) is 10.8. The molecule has 0 aromatic heterocycles. The molecule has 5 nitrogen and oxygen atoms in total. The van der Waals surface area contributed by atoms with E-state index in [1.165, 1.54) is 37.8 Å². The second kappa shape index (κ2) is 13.1. The molecule has 7 atom stereocenters. The molecule has 0 radical (unpaired) electrons. The normalized spacial score (nSPS) is 36.6. The number of nitrogens with one attached hydrogen (secondary N) is 1. The lowest BCUT2D eigenvalue weighted by Crippen LogP contribution is -2.48. The van der Waals surface area contributed by atoms with Gasteiger partial charge in [-0.2, -0.15) is 0 Å². The maximum Gasteiger partial charge on any atom is 0.331 e. The average Bonchev–Trinajstić information content (AvgIpc) is 2.79. The molecule has 1 aliphatic carbocycles. The number of hydrogen-bond donors (Lipinski definition) is 2. The van der Waals surface area contributed by atoms with Crippen molar-refractivity contribution in [2.24, 2.45) is 23.2 Å². The lowest BCUT2D eigenvalue weighted by Gasteiger charge is -2.38. The summed E-state index contributed by atoms with van der Waals surface area (Å²) in [6, 6.07) is -0.462. The number of esters is 1. The Morgan fingerprint density at radius 2 is 1.89 bits per heavy atom. The largest absolute Gasteiger partial charge is 0.458 e. The zero-order valence-corrected chi connectivity index (χ0v) is 22.6. The molecule has 5 heteroatoms. The first-order valence-corrected chi connectivity index (χ1v) is 13.0. The molecule has 0 aromatic carbocycles. The fourth-order valence-electron chi connectivity index (χ4n) is 5.23. The highest BCUT2D eigenvalue weighted by molar-refractivity contribution is 5.82. The van der Waals surface area contributed by atoms with Crippen LogP contribution in [-0.4, -0.2) is 35.2 Å². The van der Waals surface area contributed by atoms with Gasteiger partial charge in [-0.15, -0.1) is 0 Å². The van der Waals surface area contributed by atoms with E-state index in [1.807, 2.05) is 26.8 Å². The standard InChI is InChI=1S/C30H45NO4/c1-20-11-10-13-27(33)35-29(23(4)28(34)24(5)31-25(6)32)22(3)15-14-21(2)19-26-12-8-9-17-30(26,7)18-16-20/h10-11,13-16,18-19,22-24,26,28-29,34H,8-9,12,17H2,1-7H3,(H,31,32)/b13-10+,15-14+,18-16+,20-11-,21-19+/t22-,23-,24-,26-,28+,29-,30+/m1/s1. The Labute approximate surface area is 212 Å². The SMILES string of the molecule is CC(=O)N[C@H](C)[C@@H](O)[C@@H](C)[C@@H]1OC(=O)/C=C/C=C(C)\C=C\[C@]2(C)CCCC[C@@H]2/C=C(C)/C=C/[C@H]1C. The van der Waals surface area contributed by atoms with Gasteiger partial charge in [0.15, 0.2) is 0 Å². The second-order valence-electron chi connectivity index (χ2n) is 10.8. The highest BCUT2D eigenvalue weighted by Gasteiger charge is 2.34. The molecular formula is C30H45NO4. The molecule has 194 valence electrons. The lowest BCUT2D eigenvalue weighted by molar-refractivity contribution is -0.151. The highest BCUT2D eigenvalue weighted by atomic mass is 16.5. The van der Waals surface area contributed by atoms with Gasteiger partial charge in [0.1, 0.15) is 6.10 Å². The number of aliphatic hydroxyl groups excluding tert-OH is 1.